The Morgan fingerprint density at radius 3 is 2.35 bits per heavy atom. The molecule has 0 amide bonds. The topological polar surface area (TPSA) is 43.1 Å². The molecule has 2 rings (SSSR count). The fourth-order valence-corrected chi connectivity index (χ4v) is 3.43. The number of carbonyl (C=O) groups is 1. The summed E-state index contributed by atoms with van der Waals surface area (Å²) in [6.07, 6.45) is 3.17. The zero-order chi connectivity index (χ0) is 19.4. The molecule has 2 N–H and O–H groups in total. The molecule has 2 aromatic rings. The number of Topliss-reactive ketones (excluding diaryl/α,β-unsaturated/α-hetero) is 1. The number of allylic oxidation sites excluding steroid dienone is 4. The predicted molar refractivity (Wildman–Crippen MR) is 114 cm³/mol. The molecule has 136 valence electrons. The van der Waals surface area contributed by atoms with E-state index < -0.39 is 0 Å². The summed E-state index contributed by atoms with van der Waals surface area (Å²) in [6, 6.07) is 11.7. The molecule has 2 aromatic carbocycles. The Morgan fingerprint density at radius 2 is 1.77 bits per heavy atom. The van der Waals surface area contributed by atoms with Crippen molar-refractivity contribution in [2.45, 2.75) is 41.0 Å². The van der Waals surface area contributed by atoms with Gasteiger partial charge in [-0.2, -0.15) is 0 Å². The highest BCUT2D eigenvalue weighted by Gasteiger charge is 2.16. The molecule has 3 heteroatoms. The van der Waals surface area contributed by atoms with Gasteiger partial charge in [0.05, 0.1) is 0 Å². The Morgan fingerprint density at radius 1 is 1.08 bits per heavy atom. The number of hydrogen-bond acceptors (Lipinski definition) is 2. The van der Waals surface area contributed by atoms with Gasteiger partial charge in [-0.15, -0.1) is 0 Å². The van der Waals surface area contributed by atoms with Crippen LogP contribution in [0.15, 0.2) is 42.5 Å². The molecule has 0 aliphatic rings. The molecule has 0 heterocycles. The average Bonchev–Trinajstić information content (AvgIpc) is 2.55. The summed E-state index contributed by atoms with van der Waals surface area (Å²) < 4.78 is 0. The Hall–Kier alpha value is -2.32. The van der Waals surface area contributed by atoms with E-state index in [0.29, 0.717) is 16.3 Å². The van der Waals surface area contributed by atoms with Gasteiger partial charge in [-0.25, -0.2) is 0 Å². The number of rotatable bonds is 5. The standard InChI is InChI=1S/C23H26ClNO/c1-6-7-14(2)18-9-8-15(3)22(12-18)23(17(5)26)16(4)19-10-20(24)13-21(25)11-19/h7-13H,6,25H2,1-5H3/b14-7?,23-16-. The third-order valence-corrected chi connectivity index (χ3v) is 4.77. The van der Waals surface area contributed by atoms with Crippen molar-refractivity contribution in [3.8, 4) is 0 Å². The fourth-order valence-electron chi connectivity index (χ4n) is 3.19. The van der Waals surface area contributed by atoms with E-state index in [1.165, 1.54) is 5.57 Å². The first-order chi connectivity index (χ1) is 12.2. The van der Waals surface area contributed by atoms with Crippen molar-refractivity contribution >= 4 is 39.8 Å². The molecule has 0 atom stereocenters. The first kappa shape index (κ1) is 20.0. The maximum absolute atomic E-state index is 12.6. The highest BCUT2D eigenvalue weighted by Crippen LogP contribution is 2.33. The molecule has 0 unspecified atom stereocenters. The lowest BCUT2D eigenvalue weighted by atomic mass is 9.88. The van der Waals surface area contributed by atoms with Gasteiger partial charge >= 0.3 is 0 Å². The van der Waals surface area contributed by atoms with Gasteiger partial charge in [-0.3, -0.25) is 4.79 Å². The van der Waals surface area contributed by atoms with Gasteiger partial charge in [0.15, 0.2) is 5.78 Å². The molecular weight excluding hydrogens is 342 g/mol. The van der Waals surface area contributed by atoms with Gasteiger partial charge in [-0.05, 0) is 91.8 Å². The van der Waals surface area contributed by atoms with E-state index in [2.05, 4.69) is 38.1 Å². The summed E-state index contributed by atoms with van der Waals surface area (Å²) in [5.41, 5.74) is 13.3. The number of benzene rings is 2. The average molecular weight is 368 g/mol. The summed E-state index contributed by atoms with van der Waals surface area (Å²) in [7, 11) is 0. The summed E-state index contributed by atoms with van der Waals surface area (Å²) >= 11 is 6.16. The van der Waals surface area contributed by atoms with E-state index >= 15 is 0 Å². The molecule has 2 nitrogen and oxygen atoms in total. The lowest BCUT2D eigenvalue weighted by Crippen LogP contribution is -2.03. The Balaban J connectivity index is 2.72. The van der Waals surface area contributed by atoms with Crippen LogP contribution >= 0.6 is 11.6 Å². The number of anilines is 1. The van der Waals surface area contributed by atoms with Crippen LogP contribution < -0.4 is 5.73 Å². The molecule has 0 aliphatic heterocycles. The summed E-state index contributed by atoms with van der Waals surface area (Å²) in [4.78, 5) is 12.6. The lowest BCUT2D eigenvalue weighted by Gasteiger charge is -2.15. The van der Waals surface area contributed by atoms with Gasteiger partial charge in [0.2, 0.25) is 0 Å². The van der Waals surface area contributed by atoms with Gasteiger partial charge in [0.1, 0.15) is 0 Å². The second-order valence-electron chi connectivity index (χ2n) is 6.65. The van der Waals surface area contributed by atoms with Crippen LogP contribution in [0.25, 0.3) is 16.7 Å². The summed E-state index contributed by atoms with van der Waals surface area (Å²) in [5, 5.41) is 0.564. The normalized spacial score (nSPS) is 12.8. The lowest BCUT2D eigenvalue weighted by molar-refractivity contribution is -0.111. The molecule has 0 radical (unpaired) electrons. The zero-order valence-corrected chi connectivity index (χ0v) is 16.9. The predicted octanol–water partition coefficient (Wildman–Crippen LogP) is 6.56. The van der Waals surface area contributed by atoms with Crippen molar-refractivity contribution in [2.24, 2.45) is 0 Å². The van der Waals surface area contributed by atoms with Gasteiger partial charge < -0.3 is 5.73 Å². The number of halogens is 1. The highest BCUT2D eigenvalue weighted by atomic mass is 35.5. The Kier molecular flexibility index (Phi) is 6.44. The van der Waals surface area contributed by atoms with Crippen molar-refractivity contribution in [1.82, 2.24) is 0 Å². The maximum atomic E-state index is 12.6. The third-order valence-electron chi connectivity index (χ3n) is 4.55. The van der Waals surface area contributed by atoms with Crippen LogP contribution in [0.1, 0.15) is 56.4 Å². The largest absolute Gasteiger partial charge is 0.399 e. The van der Waals surface area contributed by atoms with Crippen LogP contribution in [-0.2, 0) is 4.79 Å². The number of aryl methyl sites for hydroxylation is 1. The van der Waals surface area contributed by atoms with E-state index in [1.807, 2.05) is 26.0 Å². The van der Waals surface area contributed by atoms with Crippen molar-refractivity contribution in [1.29, 1.82) is 0 Å². The summed E-state index contributed by atoms with van der Waals surface area (Å²) in [6.45, 7) is 9.80. The Bertz CT molecular complexity index is 886. The van der Waals surface area contributed by atoms with Crippen LogP contribution in [0.2, 0.25) is 5.02 Å². The molecule has 0 aromatic heterocycles. The molecular formula is C23H26ClNO. The molecule has 0 saturated heterocycles. The van der Waals surface area contributed by atoms with Crippen molar-refractivity contribution < 1.29 is 4.79 Å². The fraction of sp³-hybridized carbons (Fsp3) is 0.261. The van der Waals surface area contributed by atoms with E-state index in [4.69, 9.17) is 17.3 Å². The molecule has 26 heavy (non-hydrogen) atoms. The van der Waals surface area contributed by atoms with Crippen molar-refractivity contribution in [3.63, 3.8) is 0 Å². The van der Waals surface area contributed by atoms with Gasteiger partial charge in [0, 0.05) is 16.3 Å². The van der Waals surface area contributed by atoms with Crippen molar-refractivity contribution in [3.05, 3.63) is 69.8 Å². The number of ketones is 1. The second-order valence-corrected chi connectivity index (χ2v) is 7.09. The number of hydrogen-bond donors (Lipinski definition) is 1. The van der Waals surface area contributed by atoms with Crippen LogP contribution in [-0.4, -0.2) is 5.78 Å². The highest BCUT2D eigenvalue weighted by molar-refractivity contribution is 6.31. The smallest absolute Gasteiger partial charge is 0.160 e. The number of nitrogen functional groups attached to an aromatic ring is 1. The van der Waals surface area contributed by atoms with E-state index in [9.17, 15) is 4.79 Å². The molecule has 0 spiro atoms. The van der Waals surface area contributed by atoms with Crippen LogP contribution in [0, 0.1) is 6.92 Å². The molecule has 0 fully saturated rings. The first-order valence-electron chi connectivity index (χ1n) is 8.81. The minimum atomic E-state index is 0.0263. The number of nitrogens with two attached hydrogens (primary N) is 1. The van der Waals surface area contributed by atoms with Gasteiger partial charge in [0.25, 0.3) is 0 Å². The van der Waals surface area contributed by atoms with E-state index in [-0.39, 0.29) is 5.78 Å². The van der Waals surface area contributed by atoms with Gasteiger partial charge in [-0.1, -0.05) is 36.7 Å². The van der Waals surface area contributed by atoms with Crippen molar-refractivity contribution in [2.75, 3.05) is 5.73 Å². The zero-order valence-electron chi connectivity index (χ0n) is 16.1. The van der Waals surface area contributed by atoms with Crippen LogP contribution in [0.5, 0.6) is 0 Å². The van der Waals surface area contributed by atoms with E-state index in [1.54, 1.807) is 13.0 Å². The third kappa shape index (κ3) is 4.44. The molecule has 0 saturated carbocycles. The SMILES string of the molecule is CCC=C(C)c1ccc(C)c(/C(C(C)=O)=C(/C)c2cc(N)cc(Cl)c2)c1. The quantitative estimate of drug-likeness (QED) is 0.369. The molecule has 0 aliphatic carbocycles. The van der Waals surface area contributed by atoms with Crippen LogP contribution in [0.3, 0.4) is 0 Å². The second kappa shape index (κ2) is 8.37. The minimum Gasteiger partial charge on any atom is -0.399 e. The maximum Gasteiger partial charge on any atom is 0.160 e. The summed E-state index contributed by atoms with van der Waals surface area (Å²) in [5.74, 6) is 0.0263. The van der Waals surface area contributed by atoms with E-state index in [0.717, 1.165) is 34.2 Å². The molecule has 0 bridgehead atoms. The Labute approximate surface area is 161 Å². The number of carbonyl (C=O) groups excluding carboxylic acids is 1. The minimum absolute atomic E-state index is 0.0263. The van der Waals surface area contributed by atoms with Crippen LogP contribution in [0.4, 0.5) is 5.69 Å². The monoisotopic (exact) mass is 367 g/mol. The first-order valence-corrected chi connectivity index (χ1v) is 9.18.